The quantitative estimate of drug-likeness (QED) is 0.933. The Balaban J connectivity index is 1.66. The summed E-state index contributed by atoms with van der Waals surface area (Å²) in [7, 11) is 0. The molecule has 2 heterocycles. The number of aliphatic hydroxyl groups is 1. The maximum absolute atomic E-state index is 13.8. The van der Waals surface area contributed by atoms with Crippen molar-refractivity contribution in [3.63, 3.8) is 0 Å². The second-order valence-corrected chi connectivity index (χ2v) is 6.94. The highest BCUT2D eigenvalue weighted by Gasteiger charge is 2.34. The van der Waals surface area contributed by atoms with Crippen LogP contribution in [0.25, 0.3) is 0 Å². The van der Waals surface area contributed by atoms with E-state index in [1.54, 1.807) is 37.1 Å². The summed E-state index contributed by atoms with van der Waals surface area (Å²) in [5.74, 6) is -0.369. The zero-order chi connectivity index (χ0) is 18.0. The van der Waals surface area contributed by atoms with Crippen molar-refractivity contribution >= 4 is 5.91 Å². The lowest BCUT2D eigenvalue weighted by atomic mass is 9.86. The number of aryl methyl sites for hydroxylation is 2. The van der Waals surface area contributed by atoms with Crippen LogP contribution in [0.2, 0.25) is 0 Å². The number of piperidine rings is 1. The molecule has 1 aromatic heterocycles. The molecule has 2 aromatic rings. The second kappa shape index (κ2) is 6.92. The van der Waals surface area contributed by atoms with Crippen LogP contribution in [-0.2, 0) is 6.42 Å². The predicted molar refractivity (Wildman–Crippen MR) is 93.9 cm³/mol. The first kappa shape index (κ1) is 17.5. The fraction of sp³-hybridized carbons (Fsp3) is 0.400. The first-order chi connectivity index (χ1) is 11.9. The fourth-order valence-electron chi connectivity index (χ4n) is 3.39. The molecule has 0 saturated carbocycles. The minimum atomic E-state index is -0.834. The number of hydrogen-bond donors (Lipinski definition) is 1. The zero-order valence-corrected chi connectivity index (χ0v) is 14.6. The van der Waals surface area contributed by atoms with Gasteiger partial charge in [0.1, 0.15) is 5.82 Å². The van der Waals surface area contributed by atoms with Crippen molar-refractivity contribution in [2.24, 2.45) is 0 Å². The predicted octanol–water partition coefficient (Wildman–Crippen LogP) is 3.05. The van der Waals surface area contributed by atoms with Crippen molar-refractivity contribution in [2.75, 3.05) is 13.1 Å². The van der Waals surface area contributed by atoms with Gasteiger partial charge in [-0.05, 0) is 62.1 Å². The number of rotatable bonds is 3. The van der Waals surface area contributed by atoms with Crippen molar-refractivity contribution in [3.05, 3.63) is 64.7 Å². The molecule has 0 aliphatic carbocycles. The molecule has 0 bridgehead atoms. The molecule has 1 aliphatic rings. The molecule has 132 valence electrons. The summed E-state index contributed by atoms with van der Waals surface area (Å²) in [6, 6.07) is 8.85. The smallest absolute Gasteiger partial charge is 0.253 e. The number of halogens is 1. The highest BCUT2D eigenvalue weighted by molar-refractivity contribution is 5.94. The number of amides is 1. The van der Waals surface area contributed by atoms with Gasteiger partial charge in [-0.25, -0.2) is 4.39 Å². The van der Waals surface area contributed by atoms with E-state index in [1.165, 1.54) is 0 Å². The van der Waals surface area contributed by atoms with Gasteiger partial charge in [-0.2, -0.15) is 0 Å². The van der Waals surface area contributed by atoms with Crippen molar-refractivity contribution in [3.8, 4) is 0 Å². The van der Waals surface area contributed by atoms with E-state index < -0.39 is 5.60 Å². The minimum absolute atomic E-state index is 0.105. The molecule has 0 spiro atoms. The van der Waals surface area contributed by atoms with Crippen molar-refractivity contribution < 1.29 is 14.3 Å². The Morgan fingerprint density at radius 2 is 1.88 bits per heavy atom. The van der Waals surface area contributed by atoms with Gasteiger partial charge in [-0.3, -0.25) is 9.78 Å². The summed E-state index contributed by atoms with van der Waals surface area (Å²) in [4.78, 5) is 18.7. The molecule has 3 rings (SSSR count). The van der Waals surface area contributed by atoms with Crippen LogP contribution in [0, 0.1) is 19.7 Å². The zero-order valence-electron chi connectivity index (χ0n) is 14.6. The molecule has 0 radical (unpaired) electrons. The summed E-state index contributed by atoms with van der Waals surface area (Å²) >= 11 is 0. The average Bonchev–Trinajstić information content (AvgIpc) is 2.60. The third-order valence-corrected chi connectivity index (χ3v) is 4.90. The molecular weight excluding hydrogens is 319 g/mol. The maximum atomic E-state index is 13.8. The fourth-order valence-corrected chi connectivity index (χ4v) is 3.39. The summed E-state index contributed by atoms with van der Waals surface area (Å²) < 4.78 is 13.8. The normalized spacial score (nSPS) is 16.7. The van der Waals surface area contributed by atoms with E-state index in [0.717, 1.165) is 5.69 Å². The summed E-state index contributed by atoms with van der Waals surface area (Å²) in [6.07, 6.45) is 3.23. The van der Waals surface area contributed by atoms with Crippen LogP contribution in [0.5, 0.6) is 0 Å². The summed E-state index contributed by atoms with van der Waals surface area (Å²) in [6.45, 7) is 4.30. The Morgan fingerprint density at radius 3 is 2.44 bits per heavy atom. The molecule has 1 aliphatic heterocycles. The number of hydrogen-bond acceptors (Lipinski definition) is 3. The molecule has 1 N–H and O–H groups in total. The molecule has 25 heavy (non-hydrogen) atoms. The van der Waals surface area contributed by atoms with Gasteiger partial charge in [0.2, 0.25) is 0 Å². The van der Waals surface area contributed by atoms with Crippen LogP contribution >= 0.6 is 0 Å². The number of likely N-dealkylation sites (tertiary alicyclic amines) is 1. The van der Waals surface area contributed by atoms with Crippen molar-refractivity contribution in [1.29, 1.82) is 0 Å². The van der Waals surface area contributed by atoms with Gasteiger partial charge in [-0.1, -0.05) is 6.07 Å². The largest absolute Gasteiger partial charge is 0.389 e. The Hall–Kier alpha value is -2.27. The minimum Gasteiger partial charge on any atom is -0.389 e. The van der Waals surface area contributed by atoms with Gasteiger partial charge >= 0.3 is 0 Å². The van der Waals surface area contributed by atoms with Gasteiger partial charge in [0, 0.05) is 37.0 Å². The number of aromatic nitrogens is 1. The molecule has 4 nitrogen and oxygen atoms in total. The number of benzene rings is 1. The first-order valence-electron chi connectivity index (χ1n) is 8.56. The van der Waals surface area contributed by atoms with Crippen LogP contribution in [0.4, 0.5) is 4.39 Å². The van der Waals surface area contributed by atoms with Crippen LogP contribution in [0.15, 0.2) is 36.5 Å². The lowest BCUT2D eigenvalue weighted by molar-refractivity contribution is -0.0168. The second-order valence-electron chi connectivity index (χ2n) is 6.94. The van der Waals surface area contributed by atoms with Crippen LogP contribution in [0.3, 0.4) is 0 Å². The van der Waals surface area contributed by atoms with E-state index in [0.29, 0.717) is 49.0 Å². The maximum Gasteiger partial charge on any atom is 0.253 e. The third kappa shape index (κ3) is 3.87. The van der Waals surface area contributed by atoms with Gasteiger partial charge in [-0.15, -0.1) is 0 Å². The Morgan fingerprint density at radius 1 is 1.24 bits per heavy atom. The molecule has 0 unspecified atom stereocenters. The molecular formula is C20H23FN2O2. The van der Waals surface area contributed by atoms with Crippen molar-refractivity contribution in [1.82, 2.24) is 9.88 Å². The Labute approximate surface area is 147 Å². The van der Waals surface area contributed by atoms with E-state index in [1.807, 2.05) is 18.2 Å². The molecule has 1 fully saturated rings. The van der Waals surface area contributed by atoms with Gasteiger partial charge in [0.15, 0.2) is 0 Å². The highest BCUT2D eigenvalue weighted by Crippen LogP contribution is 2.27. The number of pyridine rings is 1. The molecule has 1 saturated heterocycles. The van der Waals surface area contributed by atoms with Crippen LogP contribution < -0.4 is 0 Å². The average molecular weight is 342 g/mol. The van der Waals surface area contributed by atoms with E-state index in [2.05, 4.69) is 4.98 Å². The van der Waals surface area contributed by atoms with E-state index in [-0.39, 0.29) is 11.7 Å². The Kier molecular flexibility index (Phi) is 4.86. The number of carbonyl (C=O) groups is 1. The highest BCUT2D eigenvalue weighted by atomic mass is 19.1. The molecule has 0 atom stereocenters. The van der Waals surface area contributed by atoms with E-state index in [4.69, 9.17) is 0 Å². The molecule has 1 aromatic carbocycles. The lowest BCUT2D eigenvalue weighted by Crippen LogP contribution is -2.47. The standard InChI is InChI=1S/C20H23FN2O2/c1-14-11-16(12-15(2)18(14)21)19(24)23-9-6-20(25,7-10-23)13-17-5-3-4-8-22-17/h3-5,8,11-12,25H,6-7,9-10,13H2,1-2H3. The third-order valence-electron chi connectivity index (χ3n) is 4.90. The lowest BCUT2D eigenvalue weighted by Gasteiger charge is -2.38. The van der Waals surface area contributed by atoms with E-state index >= 15 is 0 Å². The topological polar surface area (TPSA) is 53.4 Å². The van der Waals surface area contributed by atoms with Crippen molar-refractivity contribution in [2.45, 2.75) is 38.7 Å². The molecule has 1 amide bonds. The van der Waals surface area contributed by atoms with Crippen LogP contribution in [-0.4, -0.2) is 39.6 Å². The van der Waals surface area contributed by atoms with E-state index in [9.17, 15) is 14.3 Å². The summed E-state index contributed by atoms with van der Waals surface area (Å²) in [5.41, 5.74) is 1.49. The SMILES string of the molecule is Cc1cc(C(=O)N2CCC(O)(Cc3ccccn3)CC2)cc(C)c1F. The molecule has 5 heteroatoms. The van der Waals surface area contributed by atoms with Crippen LogP contribution in [0.1, 0.15) is 40.0 Å². The van der Waals surface area contributed by atoms with Gasteiger partial charge in [0.25, 0.3) is 5.91 Å². The van der Waals surface area contributed by atoms with Gasteiger partial charge < -0.3 is 10.0 Å². The first-order valence-corrected chi connectivity index (χ1v) is 8.56. The summed E-state index contributed by atoms with van der Waals surface area (Å²) in [5, 5.41) is 10.8. The number of carbonyl (C=O) groups excluding carboxylic acids is 1. The number of nitrogens with zero attached hydrogens (tertiary/aromatic N) is 2. The monoisotopic (exact) mass is 342 g/mol. The Bertz CT molecular complexity index is 746. The van der Waals surface area contributed by atoms with Gasteiger partial charge in [0.05, 0.1) is 5.60 Å².